The van der Waals surface area contributed by atoms with Gasteiger partial charge in [-0.2, -0.15) is 0 Å². The molecule has 0 bridgehead atoms. The number of hydrogen-bond donors (Lipinski definition) is 1. The van der Waals surface area contributed by atoms with Gasteiger partial charge in [-0.3, -0.25) is 14.3 Å². The molecule has 7 heteroatoms. The third-order valence-corrected chi connectivity index (χ3v) is 5.52. The first-order valence-corrected chi connectivity index (χ1v) is 9.77. The number of carbonyl (C=O) groups excluding carboxylic acids is 1. The van der Waals surface area contributed by atoms with E-state index in [1.807, 2.05) is 31.2 Å². The maximum absolute atomic E-state index is 12.5. The van der Waals surface area contributed by atoms with E-state index in [0.717, 1.165) is 37.1 Å². The summed E-state index contributed by atoms with van der Waals surface area (Å²) in [6.45, 7) is 3.97. The number of oxazole rings is 1. The molecule has 4 rings (SSSR count). The Morgan fingerprint density at radius 2 is 1.96 bits per heavy atom. The van der Waals surface area contributed by atoms with Crippen molar-refractivity contribution in [3.05, 3.63) is 69.2 Å². The van der Waals surface area contributed by atoms with Crippen LogP contribution in [0.3, 0.4) is 0 Å². The zero-order valence-electron chi connectivity index (χ0n) is 15.7. The molecule has 1 aliphatic heterocycles. The lowest BCUT2D eigenvalue weighted by Crippen LogP contribution is -2.45. The molecule has 2 heterocycles. The van der Waals surface area contributed by atoms with E-state index in [0.29, 0.717) is 22.8 Å². The predicted octanol–water partition coefficient (Wildman–Crippen LogP) is 3.41. The van der Waals surface area contributed by atoms with Gasteiger partial charge in [0.15, 0.2) is 5.58 Å². The van der Waals surface area contributed by atoms with E-state index in [9.17, 15) is 9.59 Å². The van der Waals surface area contributed by atoms with Crippen LogP contribution in [0.15, 0.2) is 51.7 Å². The van der Waals surface area contributed by atoms with Gasteiger partial charge in [-0.25, -0.2) is 4.79 Å². The van der Waals surface area contributed by atoms with Crippen LogP contribution in [0.4, 0.5) is 0 Å². The first-order chi connectivity index (χ1) is 13.5. The number of benzene rings is 2. The van der Waals surface area contributed by atoms with Crippen LogP contribution in [-0.4, -0.2) is 34.5 Å². The highest BCUT2D eigenvalue weighted by Crippen LogP contribution is 2.20. The average Bonchev–Trinajstić information content (AvgIpc) is 2.98. The van der Waals surface area contributed by atoms with E-state index < -0.39 is 0 Å². The highest BCUT2D eigenvalue weighted by Gasteiger charge is 2.23. The minimum absolute atomic E-state index is 0.0248. The van der Waals surface area contributed by atoms with Gasteiger partial charge in [0.2, 0.25) is 0 Å². The molecule has 1 N–H and O–H groups in total. The Hall–Kier alpha value is -2.57. The van der Waals surface area contributed by atoms with Gasteiger partial charge in [0, 0.05) is 29.7 Å². The summed E-state index contributed by atoms with van der Waals surface area (Å²) in [6.07, 6.45) is 1.67. The lowest BCUT2D eigenvalue weighted by molar-refractivity contribution is 0.0898. The van der Waals surface area contributed by atoms with Crippen molar-refractivity contribution in [3.63, 3.8) is 0 Å². The van der Waals surface area contributed by atoms with Crippen LogP contribution in [0.2, 0.25) is 5.02 Å². The minimum Gasteiger partial charge on any atom is -0.408 e. The topological polar surface area (TPSA) is 67.5 Å². The largest absolute Gasteiger partial charge is 0.421 e. The number of fused-ring (bicyclic) bond motifs is 1. The summed E-state index contributed by atoms with van der Waals surface area (Å²) >= 11 is 6.06. The number of piperidine rings is 1. The van der Waals surface area contributed by atoms with E-state index in [-0.39, 0.29) is 17.7 Å². The second-order valence-corrected chi connectivity index (χ2v) is 7.67. The Bertz CT molecular complexity index is 1060. The molecule has 1 fully saturated rings. The molecule has 0 saturated carbocycles. The summed E-state index contributed by atoms with van der Waals surface area (Å²) in [6, 6.07) is 12.9. The number of aromatic nitrogens is 1. The van der Waals surface area contributed by atoms with Crippen LogP contribution in [0.1, 0.15) is 28.8 Å². The minimum atomic E-state index is -0.382. The molecule has 1 aliphatic rings. The molecular formula is C21H22ClN3O3. The number of nitrogens with zero attached hydrogens (tertiary/aromatic N) is 2. The van der Waals surface area contributed by atoms with E-state index in [4.69, 9.17) is 16.0 Å². The molecular weight excluding hydrogens is 378 g/mol. The van der Waals surface area contributed by atoms with Crippen molar-refractivity contribution in [3.8, 4) is 0 Å². The van der Waals surface area contributed by atoms with Gasteiger partial charge in [-0.05, 0) is 49.6 Å². The first-order valence-electron chi connectivity index (χ1n) is 9.39. The van der Waals surface area contributed by atoms with Crippen LogP contribution in [0.5, 0.6) is 0 Å². The second kappa shape index (κ2) is 7.81. The molecule has 0 aliphatic carbocycles. The SMILES string of the molecule is Cc1ccccc1C(=O)NC1CCN(Cn2c(=O)oc3ccc(Cl)cc32)CC1. The number of rotatable bonds is 4. The van der Waals surface area contributed by atoms with Crippen molar-refractivity contribution in [2.24, 2.45) is 0 Å². The maximum atomic E-state index is 12.5. The second-order valence-electron chi connectivity index (χ2n) is 7.23. The smallest absolute Gasteiger partial charge is 0.408 e. The van der Waals surface area contributed by atoms with Gasteiger partial charge < -0.3 is 9.73 Å². The highest BCUT2D eigenvalue weighted by atomic mass is 35.5. The molecule has 0 spiro atoms. The number of likely N-dealkylation sites (tertiary alicyclic amines) is 1. The lowest BCUT2D eigenvalue weighted by atomic mass is 10.0. The zero-order valence-corrected chi connectivity index (χ0v) is 16.4. The molecule has 2 aromatic carbocycles. The van der Waals surface area contributed by atoms with Crippen molar-refractivity contribution in [2.75, 3.05) is 13.1 Å². The number of hydrogen-bond acceptors (Lipinski definition) is 4. The van der Waals surface area contributed by atoms with Gasteiger partial charge in [0.25, 0.3) is 5.91 Å². The standard InChI is InChI=1S/C21H22ClN3O3/c1-14-4-2-3-5-17(14)20(26)23-16-8-10-24(11-9-16)13-25-18-12-15(22)6-7-19(18)28-21(25)27/h2-7,12,16H,8-11,13H2,1H3,(H,23,26). The third-order valence-electron chi connectivity index (χ3n) is 5.28. The van der Waals surface area contributed by atoms with Crippen LogP contribution in [-0.2, 0) is 6.67 Å². The molecule has 28 heavy (non-hydrogen) atoms. The summed E-state index contributed by atoms with van der Waals surface area (Å²) in [4.78, 5) is 26.9. The highest BCUT2D eigenvalue weighted by molar-refractivity contribution is 6.31. The van der Waals surface area contributed by atoms with E-state index in [1.165, 1.54) is 0 Å². The Labute approximate surface area is 167 Å². The van der Waals surface area contributed by atoms with Gasteiger partial charge in [0.05, 0.1) is 12.2 Å². The summed E-state index contributed by atoms with van der Waals surface area (Å²) < 4.78 is 6.90. The monoisotopic (exact) mass is 399 g/mol. The molecule has 1 aromatic heterocycles. The number of nitrogens with one attached hydrogen (secondary N) is 1. The normalized spacial score (nSPS) is 15.8. The van der Waals surface area contributed by atoms with E-state index in [2.05, 4.69) is 10.2 Å². The van der Waals surface area contributed by atoms with Crippen LogP contribution >= 0.6 is 11.6 Å². The van der Waals surface area contributed by atoms with Crippen molar-refractivity contribution in [1.82, 2.24) is 14.8 Å². The molecule has 0 radical (unpaired) electrons. The van der Waals surface area contributed by atoms with Crippen LogP contribution in [0.25, 0.3) is 11.1 Å². The number of carbonyl (C=O) groups is 1. The van der Waals surface area contributed by atoms with E-state index >= 15 is 0 Å². The van der Waals surface area contributed by atoms with E-state index in [1.54, 1.807) is 22.8 Å². The van der Waals surface area contributed by atoms with Crippen LogP contribution < -0.4 is 11.1 Å². The van der Waals surface area contributed by atoms with Crippen molar-refractivity contribution in [1.29, 1.82) is 0 Å². The Balaban J connectivity index is 1.38. The Morgan fingerprint density at radius 3 is 2.71 bits per heavy atom. The Morgan fingerprint density at radius 1 is 1.21 bits per heavy atom. The summed E-state index contributed by atoms with van der Waals surface area (Å²) in [5.41, 5.74) is 2.93. The summed E-state index contributed by atoms with van der Waals surface area (Å²) in [5, 5.41) is 3.70. The van der Waals surface area contributed by atoms with Gasteiger partial charge in [-0.15, -0.1) is 0 Å². The number of amides is 1. The molecule has 6 nitrogen and oxygen atoms in total. The maximum Gasteiger partial charge on any atom is 0.421 e. The fraction of sp³-hybridized carbons (Fsp3) is 0.333. The molecule has 0 atom stereocenters. The fourth-order valence-electron chi connectivity index (χ4n) is 3.68. The van der Waals surface area contributed by atoms with Gasteiger partial charge in [-0.1, -0.05) is 29.8 Å². The third kappa shape index (κ3) is 3.84. The predicted molar refractivity (Wildman–Crippen MR) is 109 cm³/mol. The average molecular weight is 400 g/mol. The molecule has 146 valence electrons. The van der Waals surface area contributed by atoms with Crippen molar-refractivity contribution < 1.29 is 9.21 Å². The molecule has 3 aromatic rings. The lowest BCUT2D eigenvalue weighted by Gasteiger charge is -2.32. The van der Waals surface area contributed by atoms with Crippen molar-refractivity contribution in [2.45, 2.75) is 32.5 Å². The Kier molecular flexibility index (Phi) is 5.24. The van der Waals surface area contributed by atoms with Gasteiger partial charge in [0.1, 0.15) is 0 Å². The van der Waals surface area contributed by atoms with Crippen molar-refractivity contribution >= 4 is 28.6 Å². The fourth-order valence-corrected chi connectivity index (χ4v) is 3.85. The van der Waals surface area contributed by atoms with Crippen LogP contribution in [0, 0.1) is 6.92 Å². The first kappa shape index (κ1) is 18.8. The summed E-state index contributed by atoms with van der Waals surface area (Å²) in [5.74, 6) is -0.407. The summed E-state index contributed by atoms with van der Waals surface area (Å²) in [7, 11) is 0. The molecule has 1 saturated heterocycles. The quantitative estimate of drug-likeness (QED) is 0.730. The number of halogens is 1. The van der Waals surface area contributed by atoms with Gasteiger partial charge >= 0.3 is 5.76 Å². The molecule has 1 amide bonds. The zero-order chi connectivity index (χ0) is 19.7. The molecule has 0 unspecified atom stereocenters. The number of aryl methyl sites for hydroxylation is 1.